The molecule has 2 N–H and O–H groups in total. The number of unbranched alkanes of at least 4 members (excludes halogenated alkanes) is 54. The van der Waals surface area contributed by atoms with E-state index in [1.165, 1.54) is 466 Å². The summed E-state index contributed by atoms with van der Waals surface area (Å²) in [6.45, 7) is 13.9. The van der Waals surface area contributed by atoms with Gasteiger partial charge in [0.1, 0.15) is 0 Å². The van der Waals surface area contributed by atoms with E-state index in [9.17, 15) is 19.8 Å². The van der Waals surface area contributed by atoms with Crippen LogP contribution in [0.5, 0.6) is 0 Å². The molecule has 120 heavy (non-hydrogen) atoms. The first-order valence-electron chi connectivity index (χ1n) is 50.5. The third-order valence-corrected chi connectivity index (χ3v) is 33.6. The summed E-state index contributed by atoms with van der Waals surface area (Å²) in [7, 11) is 0. The average Bonchev–Trinajstić information content (AvgIpc) is 1.62. The Morgan fingerprint density at radius 1 is 0.192 bits per heavy atom. The van der Waals surface area contributed by atoms with Crippen LogP contribution < -0.4 is 0 Å². The smallest absolute Gasteiger partial charge is 0.335 e. The van der Waals surface area contributed by atoms with E-state index in [4.69, 9.17) is 0 Å². The first-order chi connectivity index (χ1) is 59.1. The molecule has 2 aromatic carbocycles. The summed E-state index contributed by atoms with van der Waals surface area (Å²) in [6.07, 6.45) is 86.4. The van der Waals surface area contributed by atoms with Crippen molar-refractivity contribution in [1.82, 2.24) is 0 Å². The van der Waals surface area contributed by atoms with Crippen LogP contribution in [0.2, 0.25) is 0 Å². The van der Waals surface area contributed by atoms with Gasteiger partial charge in [0.05, 0.1) is 11.1 Å². The van der Waals surface area contributed by atoms with Crippen LogP contribution in [0.25, 0.3) is 69.7 Å². The molecule has 4 nitrogen and oxygen atoms in total. The van der Waals surface area contributed by atoms with Gasteiger partial charge in [-0.2, -0.15) is 0 Å². The van der Waals surface area contributed by atoms with E-state index in [0.29, 0.717) is 11.1 Å². The molecule has 10 heteroatoms. The van der Waals surface area contributed by atoms with Crippen LogP contribution in [0, 0.1) is 0 Å². The van der Waals surface area contributed by atoms with Crippen LogP contribution in [0.1, 0.15) is 481 Å². The predicted octanol–water partition coefficient (Wildman–Crippen LogP) is 39.9. The van der Waals surface area contributed by atoms with Gasteiger partial charge < -0.3 is 10.2 Å². The van der Waals surface area contributed by atoms with Gasteiger partial charge >= 0.3 is 11.9 Å². The molecular weight excluding hydrogens is 1580 g/mol. The molecule has 0 aliphatic carbocycles. The highest BCUT2D eigenvalue weighted by Crippen LogP contribution is 2.54. The van der Waals surface area contributed by atoms with E-state index in [1.807, 2.05) is 22.7 Å². The van der Waals surface area contributed by atoms with Gasteiger partial charge in [0.15, 0.2) is 0 Å². The van der Waals surface area contributed by atoms with Crippen LogP contribution in [-0.2, 0) is 38.5 Å². The van der Waals surface area contributed by atoms with E-state index < -0.39 is 11.9 Å². The lowest BCUT2D eigenvalue weighted by Crippen LogP contribution is -1.94. The van der Waals surface area contributed by atoms with Crippen molar-refractivity contribution in [2.45, 2.75) is 465 Å². The van der Waals surface area contributed by atoms with Gasteiger partial charge in [-0.1, -0.05) is 413 Å². The van der Waals surface area contributed by atoms with Crippen molar-refractivity contribution < 1.29 is 19.8 Å². The van der Waals surface area contributed by atoms with Gasteiger partial charge in [0.25, 0.3) is 0 Å². The average molecular weight is 1740 g/mol. The molecule has 6 aromatic heterocycles. The molecule has 0 unspecified atom stereocenters. The van der Waals surface area contributed by atoms with Crippen LogP contribution in [0.15, 0.2) is 84.9 Å². The highest BCUT2D eigenvalue weighted by molar-refractivity contribution is 7.31. The first kappa shape index (κ1) is 101. The van der Waals surface area contributed by atoms with Gasteiger partial charge in [0, 0.05) is 58.5 Å². The van der Waals surface area contributed by atoms with Crippen molar-refractivity contribution >= 4 is 80.0 Å². The van der Waals surface area contributed by atoms with E-state index >= 15 is 0 Å². The van der Waals surface area contributed by atoms with Crippen molar-refractivity contribution in [2.24, 2.45) is 0 Å². The number of aryl methyl sites for hydroxylation is 6. The first-order valence-corrected chi connectivity index (χ1v) is 55.4. The number of carbonyl (C=O) groups is 2. The Kier molecular flexibility index (Phi) is 52.7. The Morgan fingerprint density at radius 3 is 0.475 bits per heavy atom. The van der Waals surface area contributed by atoms with Crippen LogP contribution >= 0.6 is 68.0 Å². The van der Waals surface area contributed by atoms with Gasteiger partial charge in [-0.15, -0.1) is 68.0 Å². The lowest BCUT2D eigenvalue weighted by molar-refractivity contribution is 0.0686. The minimum Gasteiger partial charge on any atom is -0.478 e. The van der Waals surface area contributed by atoms with Gasteiger partial charge in [-0.3, -0.25) is 0 Å². The number of carboxylic acid groups (broad SMARTS) is 2. The summed E-state index contributed by atoms with van der Waals surface area (Å²) in [6, 6.07) is 31.2. The largest absolute Gasteiger partial charge is 0.478 e. The highest BCUT2D eigenvalue weighted by atomic mass is 32.1. The number of carboxylic acids is 2. The van der Waals surface area contributed by atoms with E-state index in [1.54, 1.807) is 35.4 Å². The molecule has 0 saturated carbocycles. The van der Waals surface area contributed by atoms with Crippen LogP contribution in [-0.4, -0.2) is 22.2 Å². The van der Waals surface area contributed by atoms with Gasteiger partial charge in [0.2, 0.25) is 0 Å². The summed E-state index contributed by atoms with van der Waals surface area (Å²) >= 11 is 12.4. The maximum absolute atomic E-state index is 12.2. The van der Waals surface area contributed by atoms with Gasteiger partial charge in [-0.05, 0) is 182 Å². The topological polar surface area (TPSA) is 74.6 Å². The molecule has 0 aliphatic rings. The van der Waals surface area contributed by atoms with Crippen molar-refractivity contribution in [3.8, 4) is 69.7 Å². The molecule has 0 aliphatic heterocycles. The minimum atomic E-state index is -0.871. The zero-order valence-corrected chi connectivity index (χ0v) is 81.8. The normalized spacial score (nSPS) is 11.8. The summed E-state index contributed by atoms with van der Waals surface area (Å²) in [5, 5.41) is 20.1. The minimum absolute atomic E-state index is 0.345. The lowest BCUT2D eigenvalue weighted by Gasteiger charge is -2.07. The van der Waals surface area contributed by atoms with E-state index in [0.717, 1.165) is 49.7 Å². The number of thiophene rings is 6. The molecule has 8 aromatic rings. The maximum atomic E-state index is 12.2. The number of rotatable bonds is 75. The molecule has 0 spiro atoms. The summed E-state index contributed by atoms with van der Waals surface area (Å²) in [5.41, 5.74) is 12.1. The standard InChI is InChI=1S/C110H166O4S6/c1-7-13-19-25-31-37-43-49-55-61-67-91-81-97(87-73-77-89(78-74-87)109(111)112)115-103(91)105-93(69-63-57-51-45-39-33-27-21-15-9-3)83-99(117-105)101-85-95(71-65-59-53-47-41-35-29-23-17-11-5)107(119-101)108-96(72-66-60-54-48-42-36-30-24-18-12-6)86-102(120-108)100-84-94(70-64-58-52-46-40-34-28-22-16-10-4)106(118-100)104-92(68-62-56-50-44-38-32-26-20-14-8-2)82-98(116-104)88-75-79-90(80-76-88)110(113)114/h73-86H,7-72H2,1-6H3,(H,111,112)(H,113,114). The molecule has 0 bridgehead atoms. The van der Waals surface area contributed by atoms with Crippen molar-refractivity contribution in [3.63, 3.8) is 0 Å². The SMILES string of the molecule is CCCCCCCCCCCCc1cc(-c2ccc(C(=O)O)cc2)sc1-c1sc(-c2cc(CCCCCCCCCCCC)c(-c3sc(-c4cc(CCCCCCCCCCCC)c(-c5sc(-c6ccc(C(=O)O)cc6)cc5CCCCCCCCCCCC)s4)cc3CCCCCCCCCCCC)s2)cc1CCCCCCCCCCCC. The fourth-order valence-corrected chi connectivity index (χ4v) is 26.0. The molecule has 0 amide bonds. The van der Waals surface area contributed by atoms with Crippen LogP contribution in [0.4, 0.5) is 0 Å². The second-order valence-corrected chi connectivity index (χ2v) is 42.5. The third-order valence-electron chi connectivity index (χ3n) is 25.6. The number of benzene rings is 2. The lowest BCUT2D eigenvalue weighted by atomic mass is 10.00. The fourth-order valence-electron chi connectivity index (χ4n) is 18.0. The number of aromatic carboxylic acids is 2. The maximum Gasteiger partial charge on any atom is 0.335 e. The number of hydrogen-bond acceptors (Lipinski definition) is 8. The Morgan fingerprint density at radius 2 is 0.325 bits per heavy atom. The molecule has 0 radical (unpaired) electrons. The summed E-state index contributed by atoms with van der Waals surface area (Å²) in [5.74, 6) is -1.74. The Bertz CT molecular complexity index is 3700. The molecule has 0 fully saturated rings. The predicted molar refractivity (Wildman–Crippen MR) is 539 cm³/mol. The Balaban J connectivity index is 1.22. The molecule has 0 atom stereocenters. The van der Waals surface area contributed by atoms with E-state index in [-0.39, 0.29) is 0 Å². The summed E-state index contributed by atoms with van der Waals surface area (Å²) in [4.78, 5) is 41.7. The molecule has 0 saturated heterocycles. The molecule has 666 valence electrons. The fraction of sp³-hybridized carbons (Fsp3) is 0.655. The Labute approximate surface area is 758 Å². The molecule has 6 heterocycles. The van der Waals surface area contributed by atoms with Crippen LogP contribution in [0.3, 0.4) is 0 Å². The third kappa shape index (κ3) is 37.6. The molecule has 8 rings (SSSR count). The van der Waals surface area contributed by atoms with E-state index in [2.05, 4.69) is 148 Å². The zero-order valence-electron chi connectivity index (χ0n) is 76.9. The van der Waals surface area contributed by atoms with Gasteiger partial charge in [-0.25, -0.2) is 9.59 Å². The van der Waals surface area contributed by atoms with Crippen molar-refractivity contribution in [1.29, 1.82) is 0 Å². The zero-order chi connectivity index (χ0) is 84.7. The highest BCUT2D eigenvalue weighted by Gasteiger charge is 2.27. The second kappa shape index (κ2) is 62.7. The number of hydrogen-bond donors (Lipinski definition) is 2. The second-order valence-electron chi connectivity index (χ2n) is 36.1. The quantitative estimate of drug-likeness (QED) is 0.0373. The monoisotopic (exact) mass is 1740 g/mol. The van der Waals surface area contributed by atoms with Crippen molar-refractivity contribution in [2.75, 3.05) is 0 Å². The Hall–Kier alpha value is -4.42. The molecular formula is C110H166O4S6. The van der Waals surface area contributed by atoms with Crippen molar-refractivity contribution in [3.05, 3.63) is 129 Å². The summed E-state index contributed by atoms with van der Waals surface area (Å²) < 4.78 is 0.